The van der Waals surface area contributed by atoms with E-state index in [1.807, 2.05) is 0 Å². The van der Waals surface area contributed by atoms with Crippen LogP contribution in [0.1, 0.15) is 51.9 Å². The van der Waals surface area contributed by atoms with Crippen LogP contribution in [0.25, 0.3) is 0 Å². The van der Waals surface area contributed by atoms with Gasteiger partial charge in [-0.15, -0.1) is 0 Å². The molecule has 5 nitrogen and oxygen atoms in total. The minimum Gasteiger partial charge on any atom is -0.499 e. The van der Waals surface area contributed by atoms with Gasteiger partial charge in [0.2, 0.25) is 0 Å². The Morgan fingerprint density at radius 2 is 1.26 bits per heavy atom. The molecule has 0 aromatic heterocycles. The molecule has 23 heavy (non-hydrogen) atoms. The van der Waals surface area contributed by atoms with E-state index in [2.05, 4.69) is 13.0 Å². The summed E-state index contributed by atoms with van der Waals surface area (Å²) in [6.45, 7) is 5.96. The average molecular weight is 332 g/mol. The zero-order valence-electron chi connectivity index (χ0n) is 14.8. The number of unbranched alkanes of at least 4 members (excludes halogenated alkanes) is 6. The SMILES string of the molecule is CCCCCCCCC=COCCOCCOCCOCCO. The second kappa shape index (κ2) is 21.4. The average Bonchev–Trinajstić information content (AvgIpc) is 2.57. The van der Waals surface area contributed by atoms with Gasteiger partial charge in [0.25, 0.3) is 0 Å². The lowest BCUT2D eigenvalue weighted by Crippen LogP contribution is -2.12. The van der Waals surface area contributed by atoms with Gasteiger partial charge in [0.1, 0.15) is 6.61 Å². The van der Waals surface area contributed by atoms with Crippen LogP contribution in [-0.2, 0) is 18.9 Å². The predicted octanol–water partition coefficient (Wildman–Crippen LogP) is 3.31. The van der Waals surface area contributed by atoms with Crippen LogP contribution in [0, 0.1) is 0 Å². The fourth-order valence-corrected chi connectivity index (χ4v) is 1.96. The quantitative estimate of drug-likeness (QED) is 0.290. The van der Waals surface area contributed by atoms with E-state index in [1.165, 1.54) is 38.5 Å². The molecule has 0 aliphatic heterocycles. The molecule has 0 aliphatic carbocycles. The number of hydrogen-bond donors (Lipinski definition) is 1. The van der Waals surface area contributed by atoms with Crippen LogP contribution in [0.15, 0.2) is 12.3 Å². The van der Waals surface area contributed by atoms with Gasteiger partial charge in [0.05, 0.1) is 52.5 Å². The number of aliphatic hydroxyl groups excluding tert-OH is 1. The Morgan fingerprint density at radius 3 is 1.91 bits per heavy atom. The summed E-state index contributed by atoms with van der Waals surface area (Å²) in [6.07, 6.45) is 12.9. The van der Waals surface area contributed by atoms with E-state index in [4.69, 9.17) is 24.1 Å². The van der Waals surface area contributed by atoms with Gasteiger partial charge in [-0.05, 0) is 18.9 Å². The van der Waals surface area contributed by atoms with Crippen molar-refractivity contribution in [2.45, 2.75) is 51.9 Å². The molecule has 0 radical (unpaired) electrons. The molecule has 0 saturated carbocycles. The van der Waals surface area contributed by atoms with Crippen molar-refractivity contribution in [2.24, 2.45) is 0 Å². The van der Waals surface area contributed by atoms with Gasteiger partial charge in [-0.1, -0.05) is 39.0 Å². The lowest BCUT2D eigenvalue weighted by atomic mass is 10.1. The van der Waals surface area contributed by atoms with Crippen molar-refractivity contribution in [1.82, 2.24) is 0 Å². The molecule has 0 amide bonds. The molecule has 0 aromatic rings. The van der Waals surface area contributed by atoms with Crippen molar-refractivity contribution in [3.63, 3.8) is 0 Å². The second-order valence-electron chi connectivity index (χ2n) is 5.36. The maximum Gasteiger partial charge on any atom is 0.111 e. The first-order chi connectivity index (χ1) is 11.4. The fourth-order valence-electron chi connectivity index (χ4n) is 1.96. The molecule has 0 atom stereocenters. The van der Waals surface area contributed by atoms with Gasteiger partial charge in [0.15, 0.2) is 0 Å². The predicted molar refractivity (Wildman–Crippen MR) is 92.6 cm³/mol. The van der Waals surface area contributed by atoms with E-state index in [0.29, 0.717) is 46.2 Å². The molecule has 0 rings (SSSR count). The Labute approximate surface area is 142 Å². The fraction of sp³-hybridized carbons (Fsp3) is 0.889. The number of ether oxygens (including phenoxy) is 4. The molecule has 0 unspecified atom stereocenters. The van der Waals surface area contributed by atoms with Gasteiger partial charge in [0, 0.05) is 0 Å². The van der Waals surface area contributed by atoms with Crippen LogP contribution < -0.4 is 0 Å². The summed E-state index contributed by atoms with van der Waals surface area (Å²) in [5.41, 5.74) is 0. The topological polar surface area (TPSA) is 57.2 Å². The zero-order chi connectivity index (χ0) is 16.8. The highest BCUT2D eigenvalue weighted by molar-refractivity contribution is 4.73. The maximum atomic E-state index is 8.51. The molecule has 5 heteroatoms. The molecule has 0 heterocycles. The Bertz CT molecular complexity index is 233. The number of allylic oxidation sites excluding steroid dienone is 1. The highest BCUT2D eigenvalue weighted by Gasteiger charge is 1.91. The number of hydrogen-bond acceptors (Lipinski definition) is 5. The summed E-state index contributed by atoms with van der Waals surface area (Å²) >= 11 is 0. The minimum atomic E-state index is 0.0521. The first-order valence-corrected chi connectivity index (χ1v) is 9.02. The van der Waals surface area contributed by atoms with Gasteiger partial charge in [-0.25, -0.2) is 0 Å². The van der Waals surface area contributed by atoms with Crippen LogP contribution >= 0.6 is 0 Å². The van der Waals surface area contributed by atoms with E-state index in [0.717, 1.165) is 6.42 Å². The summed E-state index contributed by atoms with van der Waals surface area (Å²) in [4.78, 5) is 0. The molecule has 0 aromatic carbocycles. The Morgan fingerprint density at radius 1 is 0.696 bits per heavy atom. The second-order valence-corrected chi connectivity index (χ2v) is 5.36. The van der Waals surface area contributed by atoms with E-state index in [-0.39, 0.29) is 6.61 Å². The number of rotatable bonds is 19. The van der Waals surface area contributed by atoms with Crippen molar-refractivity contribution in [3.05, 3.63) is 12.3 Å². The minimum absolute atomic E-state index is 0.0521. The van der Waals surface area contributed by atoms with Gasteiger partial charge < -0.3 is 24.1 Å². The van der Waals surface area contributed by atoms with Gasteiger partial charge in [-0.3, -0.25) is 0 Å². The van der Waals surface area contributed by atoms with E-state index in [9.17, 15) is 0 Å². The normalized spacial score (nSPS) is 11.4. The molecular weight excluding hydrogens is 296 g/mol. The lowest BCUT2D eigenvalue weighted by Gasteiger charge is -2.06. The molecule has 0 spiro atoms. The van der Waals surface area contributed by atoms with Crippen molar-refractivity contribution in [1.29, 1.82) is 0 Å². The molecular formula is C18H36O5. The Balaban J connectivity index is 3.02. The van der Waals surface area contributed by atoms with Crippen molar-refractivity contribution in [3.8, 4) is 0 Å². The lowest BCUT2D eigenvalue weighted by molar-refractivity contribution is 0.00133. The van der Waals surface area contributed by atoms with Crippen LogP contribution in [0.3, 0.4) is 0 Å². The van der Waals surface area contributed by atoms with Crippen LogP contribution in [0.4, 0.5) is 0 Å². The largest absolute Gasteiger partial charge is 0.499 e. The molecule has 0 aliphatic rings. The van der Waals surface area contributed by atoms with Crippen LogP contribution in [0.2, 0.25) is 0 Å². The third-order valence-corrected chi connectivity index (χ3v) is 3.24. The summed E-state index contributed by atoms with van der Waals surface area (Å²) in [6, 6.07) is 0. The summed E-state index contributed by atoms with van der Waals surface area (Å²) in [5.74, 6) is 0. The standard InChI is InChI=1S/C18H36O5/c1-2-3-4-5-6-7-8-9-11-20-13-15-22-17-18-23-16-14-21-12-10-19/h9,11,19H,2-8,10,12-18H2,1H3. The Hall–Kier alpha value is -0.620. The molecule has 1 N–H and O–H groups in total. The van der Waals surface area contributed by atoms with Crippen molar-refractivity contribution >= 4 is 0 Å². The highest BCUT2D eigenvalue weighted by Crippen LogP contribution is 2.07. The van der Waals surface area contributed by atoms with Gasteiger partial charge in [-0.2, -0.15) is 0 Å². The highest BCUT2D eigenvalue weighted by atomic mass is 16.6. The third kappa shape index (κ3) is 21.4. The third-order valence-electron chi connectivity index (χ3n) is 3.24. The van der Waals surface area contributed by atoms with E-state index < -0.39 is 0 Å². The molecule has 0 fully saturated rings. The van der Waals surface area contributed by atoms with E-state index >= 15 is 0 Å². The number of aliphatic hydroxyl groups is 1. The first-order valence-electron chi connectivity index (χ1n) is 9.02. The first kappa shape index (κ1) is 22.4. The van der Waals surface area contributed by atoms with Crippen LogP contribution in [0.5, 0.6) is 0 Å². The summed E-state index contributed by atoms with van der Waals surface area (Å²) < 4.78 is 21.1. The summed E-state index contributed by atoms with van der Waals surface area (Å²) in [5, 5.41) is 8.51. The molecule has 0 bridgehead atoms. The monoisotopic (exact) mass is 332 g/mol. The molecule has 0 saturated heterocycles. The Kier molecular flexibility index (Phi) is 20.8. The smallest absolute Gasteiger partial charge is 0.111 e. The maximum absolute atomic E-state index is 8.51. The van der Waals surface area contributed by atoms with Gasteiger partial charge >= 0.3 is 0 Å². The van der Waals surface area contributed by atoms with Crippen molar-refractivity contribution < 1.29 is 24.1 Å². The van der Waals surface area contributed by atoms with Crippen molar-refractivity contribution in [2.75, 3.05) is 52.9 Å². The summed E-state index contributed by atoms with van der Waals surface area (Å²) in [7, 11) is 0. The van der Waals surface area contributed by atoms with Crippen LogP contribution in [-0.4, -0.2) is 58.0 Å². The zero-order valence-corrected chi connectivity index (χ0v) is 14.8. The molecule has 138 valence electrons. The van der Waals surface area contributed by atoms with E-state index in [1.54, 1.807) is 6.26 Å².